The highest BCUT2D eigenvalue weighted by Crippen LogP contribution is 2.24. The lowest BCUT2D eigenvalue weighted by atomic mass is 9.95. The van der Waals surface area contributed by atoms with Crippen LogP contribution in [-0.2, 0) is 33.4 Å². The van der Waals surface area contributed by atoms with Gasteiger partial charge in [0.1, 0.15) is 0 Å². The molecule has 0 aromatic carbocycles. The van der Waals surface area contributed by atoms with Gasteiger partial charge in [-0.3, -0.25) is 9.59 Å². The summed E-state index contributed by atoms with van der Waals surface area (Å²) in [6.45, 7) is 3.96. The summed E-state index contributed by atoms with van der Waals surface area (Å²) in [5.74, 6) is -4.61. The van der Waals surface area contributed by atoms with Crippen molar-refractivity contribution in [2.75, 3.05) is 13.2 Å². The summed E-state index contributed by atoms with van der Waals surface area (Å²) < 4.78 is 14.1. The summed E-state index contributed by atoms with van der Waals surface area (Å²) >= 11 is 0. The molecular formula is C12H17O8-. The van der Waals surface area contributed by atoms with Crippen molar-refractivity contribution in [2.45, 2.75) is 39.2 Å². The fraction of sp³-hybridized carbons (Fsp3) is 0.667. The van der Waals surface area contributed by atoms with Crippen molar-refractivity contribution in [1.29, 1.82) is 0 Å². The second-order valence-corrected chi connectivity index (χ2v) is 3.84. The minimum absolute atomic E-state index is 0.0309. The molecule has 0 aliphatic carbocycles. The molecule has 0 N–H and O–H groups in total. The molecule has 0 aromatic heterocycles. The molecule has 20 heavy (non-hydrogen) atoms. The number of carboxylic acids is 1. The van der Waals surface area contributed by atoms with Crippen LogP contribution < -0.4 is 5.11 Å². The molecule has 0 bridgehead atoms. The summed E-state index contributed by atoms with van der Waals surface area (Å²) in [6.07, 6.45) is -1.75. The van der Waals surface area contributed by atoms with Gasteiger partial charge in [0.05, 0.1) is 19.6 Å². The summed E-state index contributed by atoms with van der Waals surface area (Å²) in [5.41, 5.74) is -2.27. The standard InChI is InChI=1S/C12H18O8/c1-4-18-10(16)7-12(6-9(14)15,20-8(3)13)11(17)19-5-2/h4-7H2,1-3H3,(H,14,15)/p-1. The van der Waals surface area contributed by atoms with Gasteiger partial charge in [-0.15, -0.1) is 0 Å². The van der Waals surface area contributed by atoms with E-state index < -0.39 is 42.3 Å². The van der Waals surface area contributed by atoms with Gasteiger partial charge in [-0.05, 0) is 13.8 Å². The SMILES string of the molecule is CCOC(=O)CC(CC(=O)[O-])(OC(C)=O)C(=O)OCC. The number of rotatable bonds is 8. The zero-order valence-electron chi connectivity index (χ0n) is 11.6. The predicted molar refractivity (Wildman–Crippen MR) is 62.0 cm³/mol. The molecule has 0 aliphatic heterocycles. The summed E-state index contributed by atoms with van der Waals surface area (Å²) in [4.78, 5) is 45.2. The average Bonchev–Trinajstić information content (AvgIpc) is 2.27. The van der Waals surface area contributed by atoms with Crippen molar-refractivity contribution in [3.05, 3.63) is 0 Å². The van der Waals surface area contributed by atoms with Gasteiger partial charge in [-0.25, -0.2) is 4.79 Å². The Kier molecular flexibility index (Phi) is 7.27. The Morgan fingerprint density at radius 3 is 1.95 bits per heavy atom. The van der Waals surface area contributed by atoms with E-state index in [1.165, 1.54) is 13.8 Å². The van der Waals surface area contributed by atoms with Crippen molar-refractivity contribution in [3.8, 4) is 0 Å². The molecule has 0 heterocycles. The van der Waals surface area contributed by atoms with E-state index in [0.29, 0.717) is 0 Å². The zero-order valence-corrected chi connectivity index (χ0v) is 11.6. The van der Waals surface area contributed by atoms with Gasteiger partial charge in [0.25, 0.3) is 0 Å². The van der Waals surface area contributed by atoms with E-state index in [1.807, 2.05) is 0 Å². The first-order valence-electron chi connectivity index (χ1n) is 5.99. The molecule has 0 fully saturated rings. The summed E-state index contributed by atoms with van der Waals surface area (Å²) in [6, 6.07) is 0. The van der Waals surface area contributed by atoms with Crippen molar-refractivity contribution in [2.24, 2.45) is 0 Å². The minimum Gasteiger partial charge on any atom is -0.550 e. The number of carbonyl (C=O) groups is 4. The number of hydrogen-bond acceptors (Lipinski definition) is 8. The molecule has 0 saturated heterocycles. The number of ether oxygens (including phenoxy) is 3. The molecule has 0 rings (SSSR count). The van der Waals surface area contributed by atoms with Crippen LogP contribution in [0.4, 0.5) is 0 Å². The third kappa shape index (κ3) is 5.68. The van der Waals surface area contributed by atoms with E-state index >= 15 is 0 Å². The summed E-state index contributed by atoms with van der Waals surface area (Å²) in [5, 5.41) is 10.8. The number of carbonyl (C=O) groups excluding carboxylic acids is 4. The van der Waals surface area contributed by atoms with Crippen LogP contribution in [0.25, 0.3) is 0 Å². The van der Waals surface area contributed by atoms with Crippen LogP contribution in [0.5, 0.6) is 0 Å². The predicted octanol–water partition coefficient (Wildman–Crippen LogP) is -1.06. The monoisotopic (exact) mass is 289 g/mol. The quantitative estimate of drug-likeness (QED) is 0.410. The van der Waals surface area contributed by atoms with Crippen LogP contribution in [0.2, 0.25) is 0 Å². The normalized spacial score (nSPS) is 12.9. The highest BCUT2D eigenvalue weighted by Gasteiger charge is 2.46. The Labute approximate surface area is 116 Å². The van der Waals surface area contributed by atoms with Crippen molar-refractivity contribution in [1.82, 2.24) is 0 Å². The molecular weight excluding hydrogens is 272 g/mol. The number of esters is 3. The van der Waals surface area contributed by atoms with Gasteiger partial charge in [0.15, 0.2) is 0 Å². The molecule has 0 aliphatic rings. The third-order valence-electron chi connectivity index (χ3n) is 2.15. The van der Waals surface area contributed by atoms with Gasteiger partial charge >= 0.3 is 17.9 Å². The van der Waals surface area contributed by atoms with Crippen LogP contribution in [-0.4, -0.2) is 42.7 Å². The topological polar surface area (TPSA) is 119 Å². The Balaban J connectivity index is 5.39. The average molecular weight is 289 g/mol. The van der Waals surface area contributed by atoms with Crippen LogP contribution in [0, 0.1) is 0 Å². The van der Waals surface area contributed by atoms with E-state index in [0.717, 1.165) is 6.92 Å². The number of carboxylic acid groups (broad SMARTS) is 1. The molecule has 1 unspecified atom stereocenters. The van der Waals surface area contributed by atoms with Crippen LogP contribution in [0.15, 0.2) is 0 Å². The Hall–Kier alpha value is -2.12. The Morgan fingerprint density at radius 1 is 1.00 bits per heavy atom. The smallest absolute Gasteiger partial charge is 0.351 e. The van der Waals surface area contributed by atoms with Crippen molar-refractivity contribution in [3.63, 3.8) is 0 Å². The van der Waals surface area contributed by atoms with Crippen molar-refractivity contribution < 1.29 is 38.5 Å². The van der Waals surface area contributed by atoms with E-state index in [2.05, 4.69) is 9.47 Å². The second kappa shape index (κ2) is 8.13. The molecule has 0 aromatic rings. The first kappa shape index (κ1) is 17.9. The van der Waals surface area contributed by atoms with Crippen LogP contribution >= 0.6 is 0 Å². The lowest BCUT2D eigenvalue weighted by Crippen LogP contribution is -2.50. The molecule has 0 amide bonds. The maximum Gasteiger partial charge on any atom is 0.351 e. The largest absolute Gasteiger partial charge is 0.550 e. The van der Waals surface area contributed by atoms with Crippen LogP contribution in [0.3, 0.4) is 0 Å². The highest BCUT2D eigenvalue weighted by molar-refractivity contribution is 5.91. The van der Waals surface area contributed by atoms with Gasteiger partial charge in [0.2, 0.25) is 5.60 Å². The lowest BCUT2D eigenvalue weighted by molar-refractivity contribution is -0.309. The van der Waals surface area contributed by atoms with Crippen LogP contribution in [0.1, 0.15) is 33.6 Å². The van der Waals surface area contributed by atoms with Gasteiger partial charge in [-0.1, -0.05) is 0 Å². The van der Waals surface area contributed by atoms with Gasteiger partial charge < -0.3 is 24.1 Å². The minimum atomic E-state index is -2.27. The lowest BCUT2D eigenvalue weighted by Gasteiger charge is -2.30. The molecule has 0 radical (unpaired) electrons. The molecule has 0 saturated carbocycles. The summed E-state index contributed by atoms with van der Waals surface area (Å²) in [7, 11) is 0. The maximum atomic E-state index is 11.9. The fourth-order valence-electron chi connectivity index (χ4n) is 1.54. The maximum absolute atomic E-state index is 11.9. The Bertz CT molecular complexity index is 371. The van der Waals surface area contributed by atoms with E-state index in [9.17, 15) is 24.3 Å². The molecule has 114 valence electrons. The number of hydrogen-bond donors (Lipinski definition) is 0. The van der Waals surface area contributed by atoms with E-state index in [1.54, 1.807) is 0 Å². The van der Waals surface area contributed by atoms with Crippen molar-refractivity contribution >= 4 is 23.9 Å². The van der Waals surface area contributed by atoms with Gasteiger partial charge in [-0.2, -0.15) is 0 Å². The zero-order chi connectivity index (χ0) is 15.8. The van der Waals surface area contributed by atoms with E-state index in [-0.39, 0.29) is 13.2 Å². The second-order valence-electron chi connectivity index (χ2n) is 3.84. The van der Waals surface area contributed by atoms with E-state index in [4.69, 9.17) is 4.74 Å². The molecule has 8 nitrogen and oxygen atoms in total. The molecule has 1 atom stereocenters. The van der Waals surface area contributed by atoms with Gasteiger partial charge in [0, 0.05) is 19.3 Å². The third-order valence-corrected chi connectivity index (χ3v) is 2.15. The fourth-order valence-corrected chi connectivity index (χ4v) is 1.54. The highest BCUT2D eigenvalue weighted by atomic mass is 16.6. The first-order chi connectivity index (χ1) is 9.27. The number of aliphatic carboxylic acids is 1. The first-order valence-corrected chi connectivity index (χ1v) is 5.99. The molecule has 8 heteroatoms. The Morgan fingerprint density at radius 2 is 1.55 bits per heavy atom. The molecule has 0 spiro atoms.